The molecule has 12 heteroatoms. The van der Waals surface area contributed by atoms with Crippen LogP contribution in [0.4, 0.5) is 24.0 Å². The molecule has 0 radical (unpaired) electrons. The Kier molecular flexibility index (Phi) is 8.75. The molecule has 0 saturated heterocycles. The highest BCUT2D eigenvalue weighted by atomic mass is 32.2. The molecule has 1 amide bonds. The van der Waals surface area contributed by atoms with Crippen LogP contribution in [0.25, 0.3) is 0 Å². The van der Waals surface area contributed by atoms with Crippen molar-refractivity contribution < 1.29 is 27.9 Å². The van der Waals surface area contributed by atoms with Crippen LogP contribution < -0.4 is 10.6 Å². The van der Waals surface area contributed by atoms with Gasteiger partial charge in [0.25, 0.3) is 5.91 Å². The van der Waals surface area contributed by atoms with Crippen LogP contribution in [0.1, 0.15) is 33.1 Å². The number of amides is 1. The summed E-state index contributed by atoms with van der Waals surface area (Å²) in [5, 5.41) is 16.7. The Morgan fingerprint density at radius 1 is 1.15 bits per heavy atom. The summed E-state index contributed by atoms with van der Waals surface area (Å²) < 4.78 is 37.0. The van der Waals surface area contributed by atoms with Crippen LogP contribution in [0.5, 0.6) is 0 Å². The van der Waals surface area contributed by atoms with E-state index in [2.05, 4.69) is 15.6 Å². The smallest absolute Gasteiger partial charge is 0.389 e. The number of carboxylic acid groups (broad SMARTS) is 1. The number of para-hydroxylation sites is 1. The number of carbonyl (C=O) groups excluding carboxylic acids is 1. The molecule has 176 valence electrons. The highest BCUT2D eigenvalue weighted by Crippen LogP contribution is 2.30. The third-order valence-corrected chi connectivity index (χ3v) is 7.24. The first-order valence-corrected chi connectivity index (χ1v) is 12.5. The molecule has 0 saturated carbocycles. The number of hydrogen-bond acceptors (Lipinski definition) is 7. The number of thioether (sulfide) groups is 1. The number of alkyl halides is 3. The van der Waals surface area contributed by atoms with Crippen LogP contribution in [-0.4, -0.2) is 33.9 Å². The maximum atomic E-state index is 12.5. The number of carboxylic acids is 1. The quantitative estimate of drug-likeness (QED) is 0.210. The van der Waals surface area contributed by atoms with E-state index < -0.39 is 18.6 Å². The van der Waals surface area contributed by atoms with E-state index in [1.807, 2.05) is 30.3 Å². The minimum atomic E-state index is -4.14. The van der Waals surface area contributed by atoms with Crippen molar-refractivity contribution in [3.63, 3.8) is 0 Å². The third-order valence-electron chi connectivity index (χ3n) is 4.19. The molecular formula is C21H20F3N3O3S3. The summed E-state index contributed by atoms with van der Waals surface area (Å²) in [6, 6.07) is 10.9. The number of carbonyl (C=O) groups is 2. The summed E-state index contributed by atoms with van der Waals surface area (Å²) in [6.07, 6.45) is -5.08. The molecule has 0 aliphatic carbocycles. The first kappa shape index (κ1) is 25.1. The van der Waals surface area contributed by atoms with Gasteiger partial charge in [0, 0.05) is 33.8 Å². The van der Waals surface area contributed by atoms with Gasteiger partial charge in [-0.3, -0.25) is 14.9 Å². The number of anilines is 2. The molecule has 3 N–H and O–H groups in total. The monoisotopic (exact) mass is 515 g/mol. The van der Waals surface area contributed by atoms with E-state index in [4.69, 9.17) is 5.11 Å². The topological polar surface area (TPSA) is 91.3 Å². The fourth-order valence-electron chi connectivity index (χ4n) is 2.73. The lowest BCUT2D eigenvalue weighted by molar-refractivity contribution is -0.136. The normalized spacial score (nSPS) is 11.4. The fourth-order valence-corrected chi connectivity index (χ4v) is 5.26. The Morgan fingerprint density at radius 3 is 2.70 bits per heavy atom. The first-order chi connectivity index (χ1) is 15.7. The van der Waals surface area contributed by atoms with Gasteiger partial charge in [0.2, 0.25) is 0 Å². The van der Waals surface area contributed by atoms with E-state index >= 15 is 0 Å². The second-order valence-corrected chi connectivity index (χ2v) is 10.0. The van der Waals surface area contributed by atoms with Crippen molar-refractivity contribution >= 4 is 57.1 Å². The standard InChI is InChI=1S/C21H20F3N3O3S3/c22-21(23,24)8-3-9-31-16-5-2-1-4-15(16)25-11-14-6-7-17(33-14)19(30)27-20-26-13(12-32-20)10-18(28)29/h1-2,4-7,12,25H,3,8-11H2,(H,28,29)(H,26,27,30). The fraction of sp³-hybridized carbons (Fsp3) is 0.286. The SMILES string of the molecule is O=C(O)Cc1csc(NC(=O)c2ccc(CNc3ccccc3SCCCC(F)(F)F)s2)n1. The summed E-state index contributed by atoms with van der Waals surface area (Å²) in [4.78, 5) is 29.5. The van der Waals surface area contributed by atoms with Crippen LogP contribution in [-0.2, 0) is 17.8 Å². The van der Waals surface area contributed by atoms with Crippen LogP contribution >= 0.6 is 34.4 Å². The van der Waals surface area contributed by atoms with Gasteiger partial charge in [-0.25, -0.2) is 4.98 Å². The van der Waals surface area contributed by atoms with Crippen molar-refractivity contribution in [2.24, 2.45) is 0 Å². The molecule has 6 nitrogen and oxygen atoms in total. The van der Waals surface area contributed by atoms with Gasteiger partial charge in [0.05, 0.1) is 17.0 Å². The number of nitrogens with zero attached hydrogens (tertiary/aromatic N) is 1. The summed E-state index contributed by atoms with van der Waals surface area (Å²) in [7, 11) is 0. The van der Waals surface area contributed by atoms with Gasteiger partial charge in [-0.2, -0.15) is 13.2 Å². The number of aromatic nitrogens is 1. The van der Waals surface area contributed by atoms with Crippen molar-refractivity contribution in [3.05, 3.63) is 57.2 Å². The first-order valence-electron chi connectivity index (χ1n) is 9.78. The molecule has 33 heavy (non-hydrogen) atoms. The van der Waals surface area contributed by atoms with Crippen LogP contribution in [0.3, 0.4) is 0 Å². The largest absolute Gasteiger partial charge is 0.481 e. The third kappa shape index (κ3) is 8.37. The van der Waals surface area contributed by atoms with E-state index in [0.29, 0.717) is 28.0 Å². The summed E-state index contributed by atoms with van der Waals surface area (Å²) >= 11 is 3.84. The van der Waals surface area contributed by atoms with E-state index in [1.54, 1.807) is 11.4 Å². The number of rotatable bonds is 11. The minimum absolute atomic E-state index is 0.0583. The van der Waals surface area contributed by atoms with Crippen molar-refractivity contribution in [1.82, 2.24) is 4.98 Å². The lowest BCUT2D eigenvalue weighted by Crippen LogP contribution is -2.10. The van der Waals surface area contributed by atoms with Crippen molar-refractivity contribution in [3.8, 4) is 0 Å². The van der Waals surface area contributed by atoms with Crippen LogP contribution in [0.15, 0.2) is 46.7 Å². The lowest BCUT2D eigenvalue weighted by atomic mass is 10.3. The molecule has 0 aliphatic heterocycles. The Morgan fingerprint density at radius 2 is 1.94 bits per heavy atom. The number of nitrogens with one attached hydrogen (secondary N) is 2. The van der Waals surface area contributed by atoms with Gasteiger partial charge in [0.1, 0.15) is 0 Å². The second kappa shape index (κ2) is 11.5. The summed E-state index contributed by atoms with van der Waals surface area (Å²) in [6.45, 7) is 0.456. The number of thiazole rings is 1. The van der Waals surface area contributed by atoms with Crippen LogP contribution in [0, 0.1) is 0 Å². The molecule has 3 aromatic rings. The molecule has 2 aromatic heterocycles. The van der Waals surface area contributed by atoms with Crippen molar-refractivity contribution in [2.45, 2.75) is 36.9 Å². The Labute approximate surface area is 200 Å². The number of benzene rings is 1. The van der Waals surface area contributed by atoms with E-state index in [0.717, 1.165) is 26.8 Å². The van der Waals surface area contributed by atoms with Gasteiger partial charge in [-0.15, -0.1) is 34.4 Å². The maximum absolute atomic E-state index is 12.5. The average Bonchev–Trinajstić information content (AvgIpc) is 3.39. The highest BCUT2D eigenvalue weighted by Gasteiger charge is 2.26. The van der Waals surface area contributed by atoms with Crippen LogP contribution in [0.2, 0.25) is 0 Å². The highest BCUT2D eigenvalue weighted by molar-refractivity contribution is 7.99. The molecule has 2 heterocycles. The molecule has 0 bridgehead atoms. The molecule has 0 spiro atoms. The maximum Gasteiger partial charge on any atom is 0.389 e. The summed E-state index contributed by atoms with van der Waals surface area (Å²) in [5.41, 5.74) is 1.21. The van der Waals surface area contributed by atoms with Crippen molar-refractivity contribution in [2.75, 3.05) is 16.4 Å². The van der Waals surface area contributed by atoms with E-state index in [-0.39, 0.29) is 18.7 Å². The predicted molar refractivity (Wildman–Crippen MR) is 126 cm³/mol. The van der Waals surface area contributed by atoms with Crippen molar-refractivity contribution in [1.29, 1.82) is 0 Å². The van der Waals surface area contributed by atoms with Gasteiger partial charge >= 0.3 is 12.1 Å². The van der Waals surface area contributed by atoms with Gasteiger partial charge in [-0.1, -0.05) is 12.1 Å². The zero-order valence-corrected chi connectivity index (χ0v) is 19.6. The number of thiophene rings is 1. The number of hydrogen-bond donors (Lipinski definition) is 3. The number of halogens is 3. The lowest BCUT2D eigenvalue weighted by Gasteiger charge is -2.11. The molecule has 1 aromatic carbocycles. The Bertz CT molecular complexity index is 1100. The number of aliphatic carboxylic acids is 1. The van der Waals surface area contributed by atoms with Gasteiger partial charge in [-0.05, 0) is 36.4 Å². The predicted octanol–water partition coefficient (Wildman–Crippen LogP) is 6.13. The van der Waals surface area contributed by atoms with E-state index in [9.17, 15) is 22.8 Å². The molecular weight excluding hydrogens is 495 g/mol. The molecule has 0 aliphatic rings. The molecule has 0 unspecified atom stereocenters. The minimum Gasteiger partial charge on any atom is -0.481 e. The zero-order chi connectivity index (χ0) is 23.8. The molecule has 0 atom stereocenters. The van der Waals surface area contributed by atoms with E-state index in [1.165, 1.54) is 23.1 Å². The molecule has 0 fully saturated rings. The Hall–Kier alpha value is -2.57. The molecule has 3 rings (SSSR count). The van der Waals surface area contributed by atoms with Gasteiger partial charge < -0.3 is 10.4 Å². The second-order valence-electron chi connectivity index (χ2n) is 6.85. The summed E-state index contributed by atoms with van der Waals surface area (Å²) in [5.74, 6) is -0.954. The van der Waals surface area contributed by atoms with Gasteiger partial charge in [0.15, 0.2) is 5.13 Å². The average molecular weight is 516 g/mol. The Balaban J connectivity index is 1.52. The zero-order valence-electron chi connectivity index (χ0n) is 17.1.